The van der Waals surface area contributed by atoms with Crippen LogP contribution >= 0.6 is 0 Å². The Morgan fingerprint density at radius 2 is 1.53 bits per heavy atom. The van der Waals surface area contributed by atoms with E-state index in [0.29, 0.717) is 50.3 Å². The summed E-state index contributed by atoms with van der Waals surface area (Å²) in [5.41, 5.74) is 1.18. The van der Waals surface area contributed by atoms with Gasteiger partial charge in [0.05, 0.1) is 4.90 Å². The normalized spacial score (nSPS) is 15.6. The van der Waals surface area contributed by atoms with Gasteiger partial charge in [0.2, 0.25) is 15.9 Å². The average Bonchev–Trinajstić information content (AvgIpc) is 2.75. The number of nitrogens with one attached hydrogen (secondary N) is 1. The molecule has 0 aliphatic carbocycles. The fraction of sp³-hybridized carbons (Fsp3) is 0.364. The van der Waals surface area contributed by atoms with Gasteiger partial charge in [-0.1, -0.05) is 30.3 Å². The van der Waals surface area contributed by atoms with Gasteiger partial charge in [0.25, 0.3) is 0 Å². The molecule has 7 nitrogen and oxygen atoms in total. The lowest BCUT2D eigenvalue weighted by molar-refractivity contribution is -0.116. The quantitative estimate of drug-likeness (QED) is 0.652. The summed E-state index contributed by atoms with van der Waals surface area (Å²) in [5, 5.41) is 2.75. The van der Waals surface area contributed by atoms with Crippen LogP contribution in [0.5, 0.6) is 0 Å². The predicted molar refractivity (Wildman–Crippen MR) is 116 cm³/mol. The number of nitrogens with zero attached hydrogens (tertiary/aromatic N) is 2. The van der Waals surface area contributed by atoms with Crippen LogP contribution in [0.4, 0.5) is 5.69 Å². The monoisotopic (exact) mass is 429 g/mol. The predicted octanol–water partition coefficient (Wildman–Crippen LogP) is 2.61. The zero-order chi connectivity index (χ0) is 21.6. The van der Waals surface area contributed by atoms with Gasteiger partial charge in [-0.15, -0.1) is 0 Å². The Hall–Kier alpha value is -2.55. The van der Waals surface area contributed by atoms with E-state index in [1.165, 1.54) is 16.4 Å². The van der Waals surface area contributed by atoms with E-state index in [9.17, 15) is 18.0 Å². The standard InChI is InChI=1S/C22H27N3O4S/c1-24-14-16-25(17-15-24)30(28,29)20-12-10-19(11-13-20)23-22(27)9-5-8-21(26)18-6-3-2-4-7-18/h2-4,6-7,10-13H,5,8-9,14-17H2,1H3,(H,23,27). The highest BCUT2D eigenvalue weighted by atomic mass is 32.2. The second-order valence-electron chi connectivity index (χ2n) is 7.42. The first-order valence-corrected chi connectivity index (χ1v) is 11.5. The number of amides is 1. The zero-order valence-corrected chi connectivity index (χ0v) is 17.9. The molecular weight excluding hydrogens is 402 g/mol. The molecule has 2 aromatic carbocycles. The number of ketones is 1. The molecule has 8 heteroatoms. The first-order valence-electron chi connectivity index (χ1n) is 10.0. The van der Waals surface area contributed by atoms with Crippen molar-refractivity contribution in [3.63, 3.8) is 0 Å². The molecule has 1 aliphatic rings. The van der Waals surface area contributed by atoms with Crippen LogP contribution in [0.25, 0.3) is 0 Å². The number of Topliss-reactive ketones (excluding diaryl/α,β-unsaturated/α-hetero) is 1. The maximum absolute atomic E-state index is 12.7. The van der Waals surface area contributed by atoms with E-state index in [1.807, 2.05) is 25.2 Å². The van der Waals surface area contributed by atoms with Crippen molar-refractivity contribution in [1.29, 1.82) is 0 Å². The van der Waals surface area contributed by atoms with Gasteiger partial charge in [0.1, 0.15) is 0 Å². The third-order valence-corrected chi connectivity index (χ3v) is 7.05. The first kappa shape index (κ1) is 22.1. The number of hydrogen-bond donors (Lipinski definition) is 1. The molecule has 30 heavy (non-hydrogen) atoms. The number of carbonyl (C=O) groups is 2. The lowest BCUT2D eigenvalue weighted by Crippen LogP contribution is -2.46. The average molecular weight is 430 g/mol. The summed E-state index contributed by atoms with van der Waals surface area (Å²) in [6.07, 6.45) is 0.981. The van der Waals surface area contributed by atoms with Crippen molar-refractivity contribution in [2.24, 2.45) is 0 Å². The summed E-state index contributed by atoms with van der Waals surface area (Å²) in [4.78, 5) is 26.5. The van der Waals surface area contributed by atoms with Crippen molar-refractivity contribution in [2.75, 3.05) is 38.5 Å². The van der Waals surface area contributed by atoms with Crippen LogP contribution < -0.4 is 5.32 Å². The van der Waals surface area contributed by atoms with Crippen LogP contribution in [0.2, 0.25) is 0 Å². The minimum atomic E-state index is -3.52. The van der Waals surface area contributed by atoms with Crippen molar-refractivity contribution < 1.29 is 18.0 Å². The van der Waals surface area contributed by atoms with E-state index >= 15 is 0 Å². The van der Waals surface area contributed by atoms with Crippen molar-refractivity contribution in [2.45, 2.75) is 24.2 Å². The zero-order valence-electron chi connectivity index (χ0n) is 17.1. The number of benzene rings is 2. The Balaban J connectivity index is 1.49. The molecule has 0 spiro atoms. The van der Waals surface area contributed by atoms with Gasteiger partial charge in [-0.3, -0.25) is 9.59 Å². The molecule has 1 N–H and O–H groups in total. The summed E-state index contributed by atoms with van der Waals surface area (Å²) in [7, 11) is -1.55. The van der Waals surface area contributed by atoms with Crippen LogP contribution in [-0.4, -0.2) is 62.5 Å². The highest BCUT2D eigenvalue weighted by Gasteiger charge is 2.27. The molecule has 0 unspecified atom stereocenters. The van der Waals surface area contributed by atoms with E-state index in [-0.39, 0.29) is 23.0 Å². The van der Waals surface area contributed by atoms with Crippen molar-refractivity contribution in [1.82, 2.24) is 9.21 Å². The van der Waals surface area contributed by atoms with E-state index in [0.717, 1.165) is 0 Å². The number of piperazine rings is 1. The van der Waals surface area contributed by atoms with E-state index in [4.69, 9.17) is 0 Å². The first-order chi connectivity index (χ1) is 14.4. The van der Waals surface area contributed by atoms with E-state index in [1.54, 1.807) is 24.3 Å². The minimum Gasteiger partial charge on any atom is -0.326 e. The van der Waals surface area contributed by atoms with Gasteiger partial charge in [0, 0.05) is 50.3 Å². The van der Waals surface area contributed by atoms with Crippen LogP contribution in [0.1, 0.15) is 29.6 Å². The van der Waals surface area contributed by atoms with Crippen LogP contribution in [0, 0.1) is 0 Å². The molecule has 1 aliphatic heterocycles. The Morgan fingerprint density at radius 1 is 0.900 bits per heavy atom. The topological polar surface area (TPSA) is 86.8 Å². The van der Waals surface area contributed by atoms with E-state index < -0.39 is 10.0 Å². The van der Waals surface area contributed by atoms with Gasteiger partial charge < -0.3 is 10.2 Å². The molecule has 3 rings (SSSR count). The summed E-state index contributed by atoms with van der Waals surface area (Å²) < 4.78 is 27.0. The fourth-order valence-corrected chi connectivity index (χ4v) is 4.71. The molecule has 0 radical (unpaired) electrons. The van der Waals surface area contributed by atoms with Gasteiger partial charge in [-0.25, -0.2) is 8.42 Å². The molecule has 0 saturated carbocycles. The summed E-state index contributed by atoms with van der Waals surface area (Å²) in [6.45, 7) is 2.36. The SMILES string of the molecule is CN1CCN(S(=O)(=O)c2ccc(NC(=O)CCCC(=O)c3ccccc3)cc2)CC1. The third kappa shape index (κ3) is 5.75. The number of likely N-dealkylation sites (N-methyl/N-ethyl adjacent to an activating group) is 1. The second-order valence-corrected chi connectivity index (χ2v) is 9.36. The highest BCUT2D eigenvalue weighted by Crippen LogP contribution is 2.20. The van der Waals surface area contributed by atoms with Gasteiger partial charge in [0.15, 0.2) is 5.78 Å². The summed E-state index contributed by atoms with van der Waals surface area (Å²) >= 11 is 0. The Bertz CT molecular complexity index is 967. The smallest absolute Gasteiger partial charge is 0.243 e. The highest BCUT2D eigenvalue weighted by molar-refractivity contribution is 7.89. The molecule has 0 aromatic heterocycles. The van der Waals surface area contributed by atoms with Crippen molar-refractivity contribution in [3.8, 4) is 0 Å². The molecule has 1 amide bonds. The summed E-state index contributed by atoms with van der Waals surface area (Å²) in [5.74, 6) is -0.188. The Labute approximate surface area is 177 Å². The molecule has 2 aromatic rings. The van der Waals surface area contributed by atoms with Crippen molar-refractivity contribution >= 4 is 27.4 Å². The van der Waals surface area contributed by atoms with Crippen LogP contribution in [-0.2, 0) is 14.8 Å². The lowest BCUT2D eigenvalue weighted by atomic mass is 10.1. The minimum absolute atomic E-state index is 0.0156. The number of anilines is 1. The molecule has 1 fully saturated rings. The maximum atomic E-state index is 12.7. The largest absolute Gasteiger partial charge is 0.326 e. The van der Waals surface area contributed by atoms with Crippen LogP contribution in [0.15, 0.2) is 59.5 Å². The fourth-order valence-electron chi connectivity index (χ4n) is 3.29. The molecule has 1 saturated heterocycles. The Kier molecular flexibility index (Phi) is 7.36. The third-order valence-electron chi connectivity index (χ3n) is 5.14. The number of hydrogen-bond acceptors (Lipinski definition) is 5. The van der Waals surface area contributed by atoms with Crippen molar-refractivity contribution in [3.05, 3.63) is 60.2 Å². The van der Waals surface area contributed by atoms with Gasteiger partial charge in [-0.05, 0) is 37.7 Å². The number of carbonyl (C=O) groups excluding carboxylic acids is 2. The number of sulfonamides is 1. The number of rotatable bonds is 8. The maximum Gasteiger partial charge on any atom is 0.243 e. The molecular formula is C22H27N3O4S. The molecule has 1 heterocycles. The van der Waals surface area contributed by atoms with Crippen LogP contribution in [0.3, 0.4) is 0 Å². The van der Waals surface area contributed by atoms with Gasteiger partial charge in [-0.2, -0.15) is 4.31 Å². The molecule has 0 bridgehead atoms. The van der Waals surface area contributed by atoms with Gasteiger partial charge >= 0.3 is 0 Å². The molecule has 160 valence electrons. The second kappa shape index (κ2) is 9.97. The Morgan fingerprint density at radius 3 is 2.17 bits per heavy atom. The van der Waals surface area contributed by atoms with E-state index in [2.05, 4.69) is 10.2 Å². The lowest BCUT2D eigenvalue weighted by Gasteiger charge is -2.31. The molecule has 0 atom stereocenters. The summed E-state index contributed by atoms with van der Waals surface area (Å²) in [6, 6.07) is 15.2.